The zero-order valence-electron chi connectivity index (χ0n) is 13.4. The topological polar surface area (TPSA) is 40.1 Å². The normalized spacial score (nSPS) is 10.5. The number of rotatable bonds is 10. The van der Waals surface area contributed by atoms with Crippen LogP contribution in [0.2, 0.25) is 0 Å². The van der Waals surface area contributed by atoms with Crippen molar-refractivity contribution in [3.8, 4) is 0 Å². The predicted octanol–water partition coefficient (Wildman–Crippen LogP) is 2.76. The van der Waals surface area contributed by atoms with Crippen molar-refractivity contribution in [2.75, 3.05) is 26.2 Å². The van der Waals surface area contributed by atoms with E-state index < -0.39 is 5.97 Å². The number of carbonyl (C=O) groups excluding carboxylic acids is 1. The fraction of sp³-hybridized carbons (Fsp3) is 0.812. The van der Waals surface area contributed by atoms with Crippen LogP contribution >= 0.6 is 0 Å². The minimum Gasteiger partial charge on any atom is -0.545 e. The van der Waals surface area contributed by atoms with E-state index in [4.69, 9.17) is 9.90 Å². The summed E-state index contributed by atoms with van der Waals surface area (Å²) in [7, 11) is 0. The van der Waals surface area contributed by atoms with Gasteiger partial charge in [-0.15, -0.1) is 0 Å². The number of carboxylic acid groups (broad SMARTS) is 1. The average molecular weight is 271 g/mol. The summed E-state index contributed by atoms with van der Waals surface area (Å²) in [5.74, 6) is -1.23. The molecule has 0 saturated carbocycles. The summed E-state index contributed by atoms with van der Waals surface area (Å²) < 4.78 is 1.39. The van der Waals surface area contributed by atoms with Crippen molar-refractivity contribution in [3.63, 3.8) is 0 Å². The predicted molar refractivity (Wildman–Crippen MR) is 80.7 cm³/mol. The third-order valence-corrected chi connectivity index (χ3v) is 3.25. The van der Waals surface area contributed by atoms with Crippen molar-refractivity contribution < 1.29 is 14.4 Å². The second-order valence-corrected chi connectivity index (χ2v) is 5.11. The molecule has 0 aromatic rings. The molecule has 0 aliphatic rings. The largest absolute Gasteiger partial charge is 0.545 e. The van der Waals surface area contributed by atoms with Gasteiger partial charge in [-0.25, -0.2) is 0 Å². The number of hydrogen-bond donors (Lipinski definition) is 0. The molecule has 114 valence electrons. The quantitative estimate of drug-likeness (QED) is 0.453. The maximum Gasteiger partial charge on any atom is 0.0786 e. The molecule has 0 atom stereocenters. The highest BCUT2D eigenvalue weighted by molar-refractivity contribution is 5.76. The van der Waals surface area contributed by atoms with Crippen LogP contribution in [0.3, 0.4) is 0 Å². The summed E-state index contributed by atoms with van der Waals surface area (Å²) in [6.45, 7) is 17.8. The van der Waals surface area contributed by atoms with Crippen LogP contribution < -0.4 is 5.11 Å². The summed E-state index contributed by atoms with van der Waals surface area (Å²) in [4.78, 5) is 9.14. The number of carbonyl (C=O) groups is 1. The van der Waals surface area contributed by atoms with Gasteiger partial charge in [0.2, 0.25) is 0 Å². The Kier molecular flexibility index (Phi) is 14.7. The van der Waals surface area contributed by atoms with Gasteiger partial charge in [-0.1, -0.05) is 40.7 Å². The van der Waals surface area contributed by atoms with Crippen LogP contribution in [0.4, 0.5) is 0 Å². The maximum absolute atomic E-state index is 9.14. The molecule has 0 bridgehead atoms. The van der Waals surface area contributed by atoms with Crippen LogP contribution in [-0.2, 0) is 4.79 Å². The molecule has 0 aliphatic heterocycles. The van der Waals surface area contributed by atoms with Gasteiger partial charge in [0.25, 0.3) is 0 Å². The first-order valence-electron chi connectivity index (χ1n) is 7.70. The van der Waals surface area contributed by atoms with Gasteiger partial charge < -0.3 is 14.4 Å². The van der Waals surface area contributed by atoms with Gasteiger partial charge in [-0.2, -0.15) is 0 Å². The monoisotopic (exact) mass is 271 g/mol. The van der Waals surface area contributed by atoms with E-state index >= 15 is 0 Å². The summed E-state index contributed by atoms with van der Waals surface area (Å²) in [5.41, 5.74) is 0. The average Bonchev–Trinajstić information content (AvgIpc) is 2.38. The Morgan fingerprint density at radius 1 is 0.947 bits per heavy atom. The van der Waals surface area contributed by atoms with Crippen molar-refractivity contribution in [2.45, 2.75) is 59.8 Å². The molecule has 0 radical (unpaired) electrons. The van der Waals surface area contributed by atoms with Gasteiger partial charge in [-0.05, 0) is 31.8 Å². The molecule has 0 spiro atoms. The molecule has 0 aromatic carbocycles. The Morgan fingerprint density at radius 2 is 1.32 bits per heavy atom. The van der Waals surface area contributed by atoms with Crippen LogP contribution in [-0.4, -0.2) is 36.6 Å². The summed E-state index contributed by atoms with van der Waals surface area (Å²) in [6, 6.07) is 0. The lowest BCUT2D eigenvalue weighted by molar-refractivity contribution is -0.928. The fourth-order valence-corrected chi connectivity index (χ4v) is 2.59. The van der Waals surface area contributed by atoms with E-state index in [9.17, 15) is 0 Å². The van der Waals surface area contributed by atoms with E-state index in [1.807, 2.05) is 0 Å². The Labute approximate surface area is 119 Å². The van der Waals surface area contributed by atoms with E-state index in [1.54, 1.807) is 0 Å². The van der Waals surface area contributed by atoms with E-state index in [0.717, 1.165) is 6.08 Å². The molecule has 0 amide bonds. The number of carboxylic acids is 1. The van der Waals surface area contributed by atoms with Gasteiger partial charge in [-0.3, -0.25) is 0 Å². The molecule has 0 aromatic heterocycles. The fourth-order valence-electron chi connectivity index (χ4n) is 2.59. The zero-order valence-corrected chi connectivity index (χ0v) is 13.4. The first kappa shape index (κ1) is 20.5. The number of nitrogens with zero attached hydrogens (tertiary/aromatic N) is 1. The van der Waals surface area contributed by atoms with E-state index in [2.05, 4.69) is 34.3 Å². The maximum atomic E-state index is 9.14. The molecule has 0 unspecified atom stereocenters. The molecule has 0 rings (SSSR count). The number of hydrogen-bond acceptors (Lipinski definition) is 2. The van der Waals surface area contributed by atoms with Crippen molar-refractivity contribution in [1.82, 2.24) is 0 Å². The molecule has 19 heavy (non-hydrogen) atoms. The number of quaternary nitrogens is 1. The van der Waals surface area contributed by atoms with Crippen molar-refractivity contribution in [1.29, 1.82) is 0 Å². The molecule has 3 nitrogen and oxygen atoms in total. The Hall–Kier alpha value is -0.830. The Bertz CT molecular complexity index is 210. The minimum absolute atomic E-state index is 0.722. The van der Waals surface area contributed by atoms with E-state index in [1.165, 1.54) is 62.8 Å². The van der Waals surface area contributed by atoms with Crippen LogP contribution in [0.15, 0.2) is 12.7 Å². The van der Waals surface area contributed by atoms with Crippen LogP contribution in [0.5, 0.6) is 0 Å². The highest BCUT2D eigenvalue weighted by Crippen LogP contribution is 2.13. The van der Waals surface area contributed by atoms with Crippen molar-refractivity contribution in [3.05, 3.63) is 12.7 Å². The lowest BCUT2D eigenvalue weighted by Gasteiger charge is -2.38. The van der Waals surface area contributed by atoms with E-state index in [-0.39, 0.29) is 0 Å². The van der Waals surface area contributed by atoms with Crippen molar-refractivity contribution >= 4 is 5.97 Å². The first-order chi connectivity index (χ1) is 9.01. The third-order valence-electron chi connectivity index (χ3n) is 3.25. The Morgan fingerprint density at radius 3 is 1.53 bits per heavy atom. The molecule has 3 heteroatoms. The molecule has 0 heterocycles. The molecule has 0 aliphatic carbocycles. The molecular formula is C16H33NO2. The smallest absolute Gasteiger partial charge is 0.0786 e. The lowest BCUT2D eigenvalue weighted by Crippen LogP contribution is -2.50. The number of aliphatic carboxylic acids is 1. The molecule has 0 saturated heterocycles. The zero-order chi connectivity index (χ0) is 15.1. The summed E-state index contributed by atoms with van der Waals surface area (Å²) in [5, 5.41) is 9.14. The second kappa shape index (κ2) is 13.6. The van der Waals surface area contributed by atoms with Gasteiger partial charge >= 0.3 is 0 Å². The second-order valence-electron chi connectivity index (χ2n) is 5.11. The first-order valence-corrected chi connectivity index (χ1v) is 7.70. The van der Waals surface area contributed by atoms with Crippen LogP contribution in [0.1, 0.15) is 59.8 Å². The summed E-state index contributed by atoms with van der Waals surface area (Å²) in [6.07, 6.45) is 7.48. The van der Waals surface area contributed by atoms with E-state index in [0.29, 0.717) is 0 Å². The lowest BCUT2D eigenvalue weighted by atomic mass is 10.2. The van der Waals surface area contributed by atoms with Crippen LogP contribution in [0.25, 0.3) is 0 Å². The van der Waals surface area contributed by atoms with Gasteiger partial charge in [0.1, 0.15) is 0 Å². The molecular weight excluding hydrogens is 238 g/mol. The van der Waals surface area contributed by atoms with Crippen LogP contribution in [0, 0.1) is 0 Å². The van der Waals surface area contributed by atoms with Crippen molar-refractivity contribution in [2.24, 2.45) is 0 Å². The highest BCUT2D eigenvalue weighted by Gasteiger charge is 2.23. The Balaban J connectivity index is 0. The highest BCUT2D eigenvalue weighted by atomic mass is 16.4. The third kappa shape index (κ3) is 12.0. The SMILES string of the molecule is C=CC(=O)[O-].CCCC[N+](CCC)(CCC)CCC. The summed E-state index contributed by atoms with van der Waals surface area (Å²) >= 11 is 0. The van der Waals surface area contributed by atoms with Gasteiger partial charge in [0.05, 0.1) is 32.1 Å². The van der Waals surface area contributed by atoms with Gasteiger partial charge in [0, 0.05) is 0 Å². The number of unbranched alkanes of at least 4 members (excludes halogenated alkanes) is 1. The minimum atomic E-state index is -1.23. The van der Waals surface area contributed by atoms with Gasteiger partial charge in [0.15, 0.2) is 0 Å². The molecule has 0 N–H and O–H groups in total. The molecule has 0 fully saturated rings. The standard InChI is InChI=1S/C13H30N.C3H4O2/c1-5-9-13-14(10-6-2,11-7-3)12-8-4;1-2-3(4)5/h5-13H2,1-4H3;2H,1H2,(H,4,5)/q+1;/p-1.